The predicted octanol–water partition coefficient (Wildman–Crippen LogP) is 10.8. The molecule has 0 saturated carbocycles. The Morgan fingerprint density at radius 1 is 0.425 bits per heavy atom. The van der Waals surface area contributed by atoms with Crippen LogP contribution >= 0.6 is 46.4 Å². The van der Waals surface area contributed by atoms with Crippen molar-refractivity contribution in [2.24, 2.45) is 0 Å². The second-order valence-corrected chi connectivity index (χ2v) is 11.6. The highest BCUT2D eigenvalue weighted by Gasteiger charge is 2.12. The number of fused-ring (bicyclic) bond motifs is 4. The van der Waals surface area contributed by atoms with Gasteiger partial charge in [0.15, 0.2) is 0 Å². The van der Waals surface area contributed by atoms with Gasteiger partial charge in [-0.1, -0.05) is 59.2 Å². The molecule has 40 heavy (non-hydrogen) atoms. The first-order valence-electron chi connectivity index (χ1n) is 13.3. The fourth-order valence-corrected chi connectivity index (χ4v) is 5.86. The van der Waals surface area contributed by atoms with Crippen LogP contribution < -0.4 is 10.6 Å². The van der Waals surface area contributed by atoms with Gasteiger partial charge in [0, 0.05) is 54.7 Å². The van der Waals surface area contributed by atoms with Crippen molar-refractivity contribution >= 4 is 101 Å². The topological polar surface area (TPSA) is 49.8 Å². The van der Waals surface area contributed by atoms with E-state index in [0.29, 0.717) is 20.1 Å². The summed E-state index contributed by atoms with van der Waals surface area (Å²) in [6, 6.07) is 23.3. The van der Waals surface area contributed by atoms with Gasteiger partial charge in [-0.2, -0.15) is 0 Å². The Bertz CT molecular complexity index is 1620. The molecule has 0 atom stereocenters. The number of benzene rings is 4. The van der Waals surface area contributed by atoms with Gasteiger partial charge in [-0.15, -0.1) is 0 Å². The van der Waals surface area contributed by atoms with Gasteiger partial charge in [0.1, 0.15) is 0 Å². The van der Waals surface area contributed by atoms with Crippen LogP contribution in [-0.2, 0) is 0 Å². The number of anilines is 2. The maximum absolute atomic E-state index is 6.24. The van der Waals surface area contributed by atoms with Crippen LogP contribution in [0.1, 0.15) is 25.7 Å². The van der Waals surface area contributed by atoms with E-state index in [4.69, 9.17) is 56.4 Å². The molecule has 2 heterocycles. The minimum atomic E-state index is 0.668. The largest absolute Gasteiger partial charge is 0.384 e. The van der Waals surface area contributed by atoms with Gasteiger partial charge in [0.2, 0.25) is 0 Å². The van der Waals surface area contributed by atoms with Crippen LogP contribution in [0.3, 0.4) is 0 Å². The third-order valence-electron chi connectivity index (χ3n) is 7.11. The molecule has 202 valence electrons. The highest BCUT2D eigenvalue weighted by Crippen LogP contribution is 2.35. The third-order valence-corrected chi connectivity index (χ3v) is 8.05. The van der Waals surface area contributed by atoms with Crippen LogP contribution in [-0.4, -0.2) is 23.1 Å². The average Bonchev–Trinajstić information content (AvgIpc) is 2.92. The summed E-state index contributed by atoms with van der Waals surface area (Å²) in [4.78, 5) is 9.55. The molecule has 0 unspecified atom stereocenters. The standard InChI is InChI=1S/C32H26Cl4N4/c33-19-5-9-23-27(15-19)39-28-16-20(34)6-10-24(28)31(23)37-13-3-1-2-4-14-38-32-25-11-7-21(35)17-29(25)40-30-18-22(36)8-12-26(30)32/h5-12,15-18H,1-4,13-14H2,(H,37,39)(H,38,40). The van der Waals surface area contributed by atoms with Crippen LogP contribution in [0.2, 0.25) is 20.1 Å². The second kappa shape index (κ2) is 11.8. The summed E-state index contributed by atoms with van der Waals surface area (Å²) in [5, 5.41) is 14.2. The van der Waals surface area contributed by atoms with Gasteiger partial charge in [0.05, 0.1) is 33.4 Å². The van der Waals surface area contributed by atoms with Crippen molar-refractivity contribution in [3.8, 4) is 0 Å². The fourth-order valence-electron chi connectivity index (χ4n) is 5.20. The van der Waals surface area contributed by atoms with Crippen LogP contribution in [0.15, 0.2) is 72.8 Å². The van der Waals surface area contributed by atoms with E-state index in [2.05, 4.69) is 10.6 Å². The number of pyridine rings is 2. The molecule has 0 radical (unpaired) electrons. The number of rotatable bonds is 9. The Morgan fingerprint density at radius 3 is 1.02 bits per heavy atom. The minimum absolute atomic E-state index is 0.668. The molecular formula is C32H26Cl4N4. The number of nitrogens with one attached hydrogen (secondary N) is 2. The molecule has 0 aliphatic carbocycles. The molecule has 0 spiro atoms. The van der Waals surface area contributed by atoms with Crippen molar-refractivity contribution in [3.05, 3.63) is 92.9 Å². The Kier molecular flexibility index (Phi) is 8.04. The lowest BCUT2D eigenvalue weighted by atomic mass is 10.1. The van der Waals surface area contributed by atoms with Crippen LogP contribution in [0.25, 0.3) is 43.6 Å². The molecule has 6 rings (SSSR count). The average molecular weight is 608 g/mol. The lowest BCUT2D eigenvalue weighted by molar-refractivity contribution is 0.671. The molecule has 0 saturated heterocycles. The molecule has 0 aliphatic heterocycles. The molecule has 2 N–H and O–H groups in total. The molecule has 4 nitrogen and oxygen atoms in total. The first-order valence-corrected chi connectivity index (χ1v) is 14.8. The monoisotopic (exact) mass is 606 g/mol. The Balaban J connectivity index is 1.08. The molecule has 0 aliphatic rings. The van der Waals surface area contributed by atoms with Crippen molar-refractivity contribution in [3.63, 3.8) is 0 Å². The molecule has 0 bridgehead atoms. The zero-order valence-corrected chi connectivity index (χ0v) is 24.6. The van der Waals surface area contributed by atoms with E-state index >= 15 is 0 Å². The van der Waals surface area contributed by atoms with E-state index in [0.717, 1.165) is 93.8 Å². The number of nitrogens with zero attached hydrogens (tertiary/aromatic N) is 2. The summed E-state index contributed by atoms with van der Waals surface area (Å²) in [5.74, 6) is 0. The van der Waals surface area contributed by atoms with E-state index in [1.807, 2.05) is 72.8 Å². The normalized spacial score (nSPS) is 11.6. The zero-order chi connectivity index (χ0) is 27.6. The van der Waals surface area contributed by atoms with Gasteiger partial charge >= 0.3 is 0 Å². The molecule has 0 fully saturated rings. The summed E-state index contributed by atoms with van der Waals surface area (Å²) in [6.45, 7) is 1.74. The first kappa shape index (κ1) is 27.2. The van der Waals surface area contributed by atoms with Gasteiger partial charge in [-0.25, -0.2) is 9.97 Å². The van der Waals surface area contributed by atoms with E-state index in [1.54, 1.807) is 0 Å². The highest BCUT2D eigenvalue weighted by atomic mass is 35.5. The number of hydrogen-bond donors (Lipinski definition) is 2. The van der Waals surface area contributed by atoms with Crippen molar-refractivity contribution in [1.82, 2.24) is 9.97 Å². The smallest absolute Gasteiger partial charge is 0.0745 e. The summed E-state index contributed by atoms with van der Waals surface area (Å²) in [6.07, 6.45) is 4.36. The highest BCUT2D eigenvalue weighted by molar-refractivity contribution is 6.33. The summed E-state index contributed by atoms with van der Waals surface area (Å²) in [5.41, 5.74) is 5.58. The lowest BCUT2D eigenvalue weighted by Crippen LogP contribution is -2.05. The maximum atomic E-state index is 6.24. The minimum Gasteiger partial charge on any atom is -0.384 e. The molecule has 4 aromatic carbocycles. The van der Waals surface area contributed by atoms with Gasteiger partial charge in [0.25, 0.3) is 0 Å². The number of hydrogen-bond acceptors (Lipinski definition) is 4. The van der Waals surface area contributed by atoms with Gasteiger partial charge in [-0.05, 0) is 85.6 Å². The quantitative estimate of drug-likeness (QED) is 0.127. The summed E-state index contributed by atoms with van der Waals surface area (Å²) < 4.78 is 0. The van der Waals surface area contributed by atoms with Gasteiger partial charge in [-0.3, -0.25) is 0 Å². The maximum Gasteiger partial charge on any atom is 0.0745 e. The number of unbranched alkanes of at least 4 members (excludes halogenated alkanes) is 3. The SMILES string of the molecule is Clc1ccc2c(NCCCCCCNc3c4ccc(Cl)cc4nc4cc(Cl)ccc34)c3ccc(Cl)cc3nc2c1. The second-order valence-electron chi connectivity index (χ2n) is 9.89. The molecule has 2 aromatic heterocycles. The van der Waals surface area contributed by atoms with Gasteiger partial charge < -0.3 is 10.6 Å². The first-order chi connectivity index (χ1) is 19.5. The van der Waals surface area contributed by atoms with Crippen LogP contribution in [0.4, 0.5) is 11.4 Å². The van der Waals surface area contributed by atoms with E-state index in [1.165, 1.54) is 0 Å². The van der Waals surface area contributed by atoms with E-state index < -0.39 is 0 Å². The molecule has 0 amide bonds. The molecular weight excluding hydrogens is 582 g/mol. The fraction of sp³-hybridized carbons (Fsp3) is 0.188. The Hall–Kier alpha value is -3.02. The lowest BCUT2D eigenvalue weighted by Gasteiger charge is -2.14. The van der Waals surface area contributed by atoms with Crippen molar-refractivity contribution in [1.29, 1.82) is 0 Å². The van der Waals surface area contributed by atoms with E-state index in [-0.39, 0.29) is 0 Å². The number of halogens is 4. The number of aromatic nitrogens is 2. The predicted molar refractivity (Wildman–Crippen MR) is 174 cm³/mol. The third kappa shape index (κ3) is 5.73. The summed E-state index contributed by atoms with van der Waals surface area (Å²) >= 11 is 25.0. The Labute approximate surface area is 252 Å². The van der Waals surface area contributed by atoms with E-state index in [9.17, 15) is 0 Å². The summed E-state index contributed by atoms with van der Waals surface area (Å²) in [7, 11) is 0. The zero-order valence-electron chi connectivity index (χ0n) is 21.6. The van der Waals surface area contributed by atoms with Crippen molar-refractivity contribution in [2.45, 2.75) is 25.7 Å². The molecule has 8 heteroatoms. The van der Waals surface area contributed by atoms with Crippen LogP contribution in [0.5, 0.6) is 0 Å². The van der Waals surface area contributed by atoms with Crippen molar-refractivity contribution < 1.29 is 0 Å². The van der Waals surface area contributed by atoms with Crippen molar-refractivity contribution in [2.75, 3.05) is 23.7 Å². The van der Waals surface area contributed by atoms with Crippen LogP contribution in [0, 0.1) is 0 Å². The molecule has 6 aromatic rings. The Morgan fingerprint density at radius 2 is 0.725 bits per heavy atom.